The number of halogens is 3. The highest BCUT2D eigenvalue weighted by Crippen LogP contribution is 2.32. The topological polar surface area (TPSA) is 46.6 Å². The van der Waals surface area contributed by atoms with Gasteiger partial charge in [0, 0.05) is 18.7 Å². The molecule has 0 fully saturated rings. The van der Waals surface area contributed by atoms with E-state index in [9.17, 15) is 22.8 Å². The smallest absolute Gasteiger partial charge is 0.416 e. The number of carbonyl (C=O) groups is 2. The van der Waals surface area contributed by atoms with Gasteiger partial charge in [0.25, 0.3) is 5.91 Å². The summed E-state index contributed by atoms with van der Waals surface area (Å²) in [7, 11) is 0. The molecule has 1 amide bonds. The van der Waals surface area contributed by atoms with Crippen molar-refractivity contribution in [2.75, 3.05) is 13.2 Å². The van der Waals surface area contributed by atoms with Crippen LogP contribution in [-0.4, -0.2) is 29.9 Å². The average Bonchev–Trinajstić information content (AvgIpc) is 2.71. The maximum absolute atomic E-state index is 13.4. The Bertz CT molecular complexity index is 865. The van der Waals surface area contributed by atoms with E-state index in [-0.39, 0.29) is 31.7 Å². The summed E-state index contributed by atoms with van der Waals surface area (Å²) in [6.07, 6.45) is -3.13. The Morgan fingerprint density at radius 1 is 0.967 bits per heavy atom. The molecule has 0 atom stereocenters. The number of hydrogen-bond donors (Lipinski definition) is 0. The number of nitrogens with zero attached hydrogens (tertiary/aromatic N) is 1. The fraction of sp³-hybridized carbons (Fsp3) is 0.391. The van der Waals surface area contributed by atoms with Crippen LogP contribution in [-0.2, 0) is 28.7 Å². The van der Waals surface area contributed by atoms with Gasteiger partial charge in [-0.05, 0) is 36.6 Å². The van der Waals surface area contributed by atoms with E-state index in [4.69, 9.17) is 4.74 Å². The minimum Gasteiger partial charge on any atom is -0.466 e. The molecule has 0 N–H and O–H groups in total. The monoisotopic (exact) mass is 421 g/mol. The third-order valence-electron chi connectivity index (χ3n) is 4.63. The molecule has 0 bridgehead atoms. The van der Waals surface area contributed by atoms with Gasteiger partial charge in [0.2, 0.25) is 0 Å². The first-order valence-electron chi connectivity index (χ1n) is 9.95. The highest BCUT2D eigenvalue weighted by atomic mass is 19.4. The van der Waals surface area contributed by atoms with Crippen LogP contribution in [0.1, 0.15) is 53.7 Å². The number of amides is 1. The Balaban J connectivity index is 2.37. The lowest BCUT2D eigenvalue weighted by Gasteiger charge is -2.25. The summed E-state index contributed by atoms with van der Waals surface area (Å²) >= 11 is 0. The summed E-state index contributed by atoms with van der Waals surface area (Å²) in [5.41, 5.74) is 0.457. The Morgan fingerprint density at radius 3 is 2.23 bits per heavy atom. The summed E-state index contributed by atoms with van der Waals surface area (Å²) in [5.74, 6) is -0.901. The SMILES string of the molecule is CCCc1ccccc1C(=O)N(CCC(=O)OCC)Cc1ccccc1C(F)(F)F. The molecule has 30 heavy (non-hydrogen) atoms. The zero-order valence-electron chi connectivity index (χ0n) is 17.2. The molecule has 0 radical (unpaired) electrons. The number of alkyl halides is 3. The minimum absolute atomic E-state index is 0.0184. The zero-order chi connectivity index (χ0) is 22.1. The van der Waals surface area contributed by atoms with Crippen molar-refractivity contribution in [1.29, 1.82) is 0 Å². The molecule has 0 saturated heterocycles. The van der Waals surface area contributed by atoms with Crippen molar-refractivity contribution < 1.29 is 27.5 Å². The number of carbonyl (C=O) groups excluding carboxylic acids is 2. The fourth-order valence-corrected chi connectivity index (χ4v) is 3.24. The maximum atomic E-state index is 13.4. The van der Waals surface area contributed by atoms with Crippen LogP contribution in [0.2, 0.25) is 0 Å². The molecule has 0 aromatic heterocycles. The van der Waals surface area contributed by atoms with Crippen molar-refractivity contribution in [2.24, 2.45) is 0 Å². The lowest BCUT2D eigenvalue weighted by molar-refractivity contribution is -0.143. The zero-order valence-corrected chi connectivity index (χ0v) is 17.2. The predicted octanol–water partition coefficient (Wildman–Crippen LogP) is 5.25. The average molecular weight is 421 g/mol. The Morgan fingerprint density at radius 2 is 1.60 bits per heavy atom. The molecule has 7 heteroatoms. The van der Waals surface area contributed by atoms with Crippen molar-refractivity contribution in [3.63, 3.8) is 0 Å². The molecule has 0 aliphatic rings. The molecule has 2 rings (SSSR count). The van der Waals surface area contributed by atoms with Crippen LogP contribution in [0, 0.1) is 0 Å². The van der Waals surface area contributed by atoms with Crippen molar-refractivity contribution in [3.05, 3.63) is 70.8 Å². The molecule has 0 spiro atoms. The number of esters is 1. The van der Waals surface area contributed by atoms with E-state index in [1.807, 2.05) is 19.1 Å². The Hall–Kier alpha value is -2.83. The molecule has 162 valence electrons. The van der Waals surface area contributed by atoms with Crippen molar-refractivity contribution in [3.8, 4) is 0 Å². The molecular formula is C23H26F3NO3. The molecule has 0 saturated carbocycles. The molecule has 0 aliphatic heterocycles. The molecule has 0 unspecified atom stereocenters. The second-order valence-corrected chi connectivity index (χ2v) is 6.84. The van der Waals surface area contributed by atoms with E-state index in [0.29, 0.717) is 12.0 Å². The first kappa shape index (κ1) is 23.4. The van der Waals surface area contributed by atoms with Crippen LogP contribution in [0.5, 0.6) is 0 Å². The van der Waals surface area contributed by atoms with E-state index in [1.54, 1.807) is 19.1 Å². The van der Waals surface area contributed by atoms with Crippen molar-refractivity contribution >= 4 is 11.9 Å². The van der Waals surface area contributed by atoms with Gasteiger partial charge in [0.1, 0.15) is 0 Å². The van der Waals surface area contributed by atoms with Crippen LogP contribution in [0.4, 0.5) is 13.2 Å². The lowest BCUT2D eigenvalue weighted by atomic mass is 10.0. The molecular weight excluding hydrogens is 395 g/mol. The number of aryl methyl sites for hydroxylation is 1. The number of benzene rings is 2. The first-order chi connectivity index (χ1) is 14.3. The Kier molecular flexibility index (Phi) is 8.45. The predicted molar refractivity (Wildman–Crippen MR) is 108 cm³/mol. The van der Waals surface area contributed by atoms with Gasteiger partial charge in [-0.25, -0.2) is 0 Å². The molecule has 2 aromatic rings. The molecule has 0 heterocycles. The summed E-state index contributed by atoms with van der Waals surface area (Å²) in [6.45, 7) is 3.56. The third kappa shape index (κ3) is 6.34. The van der Waals surface area contributed by atoms with Gasteiger partial charge in [-0.2, -0.15) is 13.2 Å². The molecule has 4 nitrogen and oxygen atoms in total. The summed E-state index contributed by atoms with van der Waals surface area (Å²) in [4.78, 5) is 26.4. The van der Waals surface area contributed by atoms with E-state index in [0.717, 1.165) is 18.1 Å². The lowest BCUT2D eigenvalue weighted by Crippen LogP contribution is -2.34. The second-order valence-electron chi connectivity index (χ2n) is 6.84. The van der Waals surface area contributed by atoms with E-state index >= 15 is 0 Å². The van der Waals surface area contributed by atoms with Gasteiger partial charge in [0.05, 0.1) is 18.6 Å². The fourth-order valence-electron chi connectivity index (χ4n) is 3.24. The third-order valence-corrected chi connectivity index (χ3v) is 4.63. The molecule has 2 aromatic carbocycles. The van der Waals surface area contributed by atoms with E-state index < -0.39 is 23.6 Å². The number of hydrogen-bond acceptors (Lipinski definition) is 3. The van der Waals surface area contributed by atoms with Crippen LogP contribution in [0.25, 0.3) is 0 Å². The van der Waals surface area contributed by atoms with Crippen LogP contribution in [0.3, 0.4) is 0 Å². The van der Waals surface area contributed by atoms with Gasteiger partial charge < -0.3 is 9.64 Å². The summed E-state index contributed by atoms with van der Waals surface area (Å²) in [5, 5.41) is 0. The standard InChI is InChI=1S/C23H26F3NO3/c1-3-9-17-10-5-7-12-19(17)22(29)27(15-14-21(28)30-4-2)16-18-11-6-8-13-20(18)23(24,25)26/h5-8,10-13H,3-4,9,14-16H2,1-2H3. The first-order valence-corrected chi connectivity index (χ1v) is 9.95. The van der Waals surface area contributed by atoms with Gasteiger partial charge in [0.15, 0.2) is 0 Å². The summed E-state index contributed by atoms with van der Waals surface area (Å²) in [6, 6.07) is 12.2. The number of ether oxygens (including phenoxy) is 1. The van der Waals surface area contributed by atoms with E-state index in [2.05, 4.69) is 0 Å². The normalized spacial score (nSPS) is 11.2. The highest BCUT2D eigenvalue weighted by molar-refractivity contribution is 5.96. The van der Waals surface area contributed by atoms with Crippen LogP contribution in [0.15, 0.2) is 48.5 Å². The maximum Gasteiger partial charge on any atom is 0.416 e. The van der Waals surface area contributed by atoms with Gasteiger partial charge in [-0.15, -0.1) is 0 Å². The molecule has 0 aliphatic carbocycles. The van der Waals surface area contributed by atoms with Crippen LogP contribution >= 0.6 is 0 Å². The van der Waals surface area contributed by atoms with Crippen molar-refractivity contribution in [1.82, 2.24) is 4.90 Å². The Labute approximate surface area is 174 Å². The van der Waals surface area contributed by atoms with Gasteiger partial charge in [-0.3, -0.25) is 9.59 Å². The minimum atomic E-state index is -4.54. The van der Waals surface area contributed by atoms with Gasteiger partial charge in [-0.1, -0.05) is 49.7 Å². The quantitative estimate of drug-likeness (QED) is 0.520. The summed E-state index contributed by atoms with van der Waals surface area (Å²) < 4.78 is 45.2. The van der Waals surface area contributed by atoms with Crippen molar-refractivity contribution in [2.45, 2.75) is 45.8 Å². The number of rotatable bonds is 9. The van der Waals surface area contributed by atoms with E-state index in [1.165, 1.54) is 23.1 Å². The second kappa shape index (κ2) is 10.8. The van der Waals surface area contributed by atoms with Gasteiger partial charge >= 0.3 is 12.1 Å². The largest absolute Gasteiger partial charge is 0.466 e. The van der Waals surface area contributed by atoms with Crippen LogP contribution < -0.4 is 0 Å². The highest BCUT2D eigenvalue weighted by Gasteiger charge is 2.34.